The monoisotopic (exact) mass is 420 g/mol. The number of halogens is 3. The zero-order valence-corrected chi connectivity index (χ0v) is 16.1. The van der Waals surface area contributed by atoms with Gasteiger partial charge in [-0.3, -0.25) is 4.79 Å². The van der Waals surface area contributed by atoms with E-state index in [1.54, 1.807) is 42.5 Å². The van der Waals surface area contributed by atoms with Gasteiger partial charge in [-0.2, -0.15) is 0 Å². The lowest BCUT2D eigenvalue weighted by Gasteiger charge is -2.26. The molecule has 9 heteroatoms. The van der Waals surface area contributed by atoms with Crippen LogP contribution in [0.1, 0.15) is 18.5 Å². The molecule has 134 valence electrons. The number of carbonyl (C=O) groups excluding carboxylic acids is 1. The Morgan fingerprint density at radius 3 is 2.20 bits per heavy atom. The van der Waals surface area contributed by atoms with Crippen molar-refractivity contribution < 1.29 is 13.2 Å². The van der Waals surface area contributed by atoms with Crippen molar-refractivity contribution >= 4 is 50.6 Å². The first-order chi connectivity index (χ1) is 11.6. The Bertz CT molecular complexity index is 825. The van der Waals surface area contributed by atoms with Crippen LogP contribution < -0.4 is 4.72 Å². The Morgan fingerprint density at radius 1 is 1.08 bits per heavy atom. The molecule has 5 nitrogen and oxygen atoms in total. The molecule has 0 saturated carbocycles. The lowest BCUT2D eigenvalue weighted by molar-refractivity contribution is -0.122. The van der Waals surface area contributed by atoms with Crippen LogP contribution in [0.5, 0.6) is 0 Å². The van der Waals surface area contributed by atoms with Gasteiger partial charge in [-0.25, -0.2) is 18.1 Å². The van der Waals surface area contributed by atoms with Crippen molar-refractivity contribution in [1.82, 2.24) is 9.71 Å². The summed E-state index contributed by atoms with van der Waals surface area (Å²) in [5.41, 5.74) is 0.567. The fourth-order valence-corrected chi connectivity index (χ4v) is 4.03. The molecule has 0 aliphatic heterocycles. The quantitative estimate of drug-likeness (QED) is 0.722. The minimum absolute atomic E-state index is 0.163. The van der Waals surface area contributed by atoms with Gasteiger partial charge in [0.25, 0.3) is 10.0 Å². The lowest BCUT2D eigenvalue weighted by Crippen LogP contribution is -2.39. The fraction of sp³-hybridized carbons (Fsp3) is 0.250. The summed E-state index contributed by atoms with van der Waals surface area (Å²) >= 11 is 17.1. The van der Waals surface area contributed by atoms with Gasteiger partial charge in [0.15, 0.2) is 10.8 Å². The number of Topliss-reactive ketones (excluding diaryl/α,β-unsaturated/α-hetero) is 1. The highest BCUT2D eigenvalue weighted by Crippen LogP contribution is 2.35. The molecule has 0 radical (unpaired) electrons. The Balaban J connectivity index is 2.41. The molecule has 0 spiro atoms. The van der Waals surface area contributed by atoms with Gasteiger partial charge in [-0.05, 0) is 17.7 Å². The predicted octanol–water partition coefficient (Wildman–Crippen LogP) is 3.68. The van der Waals surface area contributed by atoms with Crippen LogP contribution in [0.4, 0.5) is 0 Å². The molecule has 1 N–H and O–H groups in total. The Morgan fingerprint density at radius 2 is 1.68 bits per heavy atom. The number of sulfonamides is 1. The van der Waals surface area contributed by atoms with Gasteiger partial charge in [-0.1, -0.05) is 78.1 Å². The van der Waals surface area contributed by atoms with E-state index in [-0.39, 0.29) is 5.03 Å². The summed E-state index contributed by atoms with van der Waals surface area (Å²) in [6, 6.07) is 12.2. The normalized spacial score (nSPS) is 14.7. The molecule has 1 aromatic carbocycles. The average Bonchev–Trinajstić information content (AvgIpc) is 2.59. The molecular formula is C16H15Cl3N2O3S. The number of benzene rings is 1. The minimum Gasteiger partial charge on any atom is -0.294 e. The van der Waals surface area contributed by atoms with Crippen molar-refractivity contribution in [3.05, 3.63) is 60.3 Å². The molecule has 2 rings (SSSR count). The van der Waals surface area contributed by atoms with Crippen LogP contribution in [0, 0.1) is 5.92 Å². The maximum Gasteiger partial charge on any atom is 0.258 e. The molecule has 0 fully saturated rings. The molecule has 0 saturated heterocycles. The Labute approximate surface area is 161 Å². The van der Waals surface area contributed by atoms with E-state index in [9.17, 15) is 13.2 Å². The summed E-state index contributed by atoms with van der Waals surface area (Å²) in [5, 5.41) is -0.163. The largest absolute Gasteiger partial charge is 0.294 e. The van der Waals surface area contributed by atoms with Gasteiger partial charge >= 0.3 is 0 Å². The number of hydrogen-bond donors (Lipinski definition) is 1. The van der Waals surface area contributed by atoms with E-state index < -0.39 is 31.6 Å². The molecule has 0 amide bonds. The number of nitrogens with one attached hydrogen (secondary N) is 1. The van der Waals surface area contributed by atoms with Gasteiger partial charge in [-0.15, -0.1) is 0 Å². The molecule has 0 aliphatic rings. The average molecular weight is 422 g/mol. The zero-order valence-electron chi connectivity index (χ0n) is 13.1. The summed E-state index contributed by atoms with van der Waals surface area (Å²) < 4.78 is 25.6. The summed E-state index contributed by atoms with van der Waals surface area (Å²) in [7, 11) is -3.97. The molecule has 0 bridgehead atoms. The molecule has 1 heterocycles. The highest BCUT2D eigenvalue weighted by Gasteiger charge is 2.40. The summed E-state index contributed by atoms with van der Waals surface area (Å²) in [6.45, 7) is 1.50. The number of aromatic nitrogens is 1. The van der Waals surface area contributed by atoms with Crippen LogP contribution in [0.2, 0.25) is 0 Å². The van der Waals surface area contributed by atoms with Gasteiger partial charge in [0, 0.05) is 12.1 Å². The van der Waals surface area contributed by atoms with Crippen LogP contribution in [-0.4, -0.2) is 23.0 Å². The zero-order chi connectivity index (χ0) is 18.7. The number of alkyl halides is 3. The molecule has 25 heavy (non-hydrogen) atoms. The summed E-state index contributed by atoms with van der Waals surface area (Å²) in [5.74, 6) is -1.64. The van der Waals surface area contributed by atoms with E-state index in [4.69, 9.17) is 34.8 Å². The number of nitrogens with zero attached hydrogens (tertiary/aromatic N) is 1. The topological polar surface area (TPSA) is 76.1 Å². The number of rotatable bonds is 6. The third-order valence-corrected chi connectivity index (χ3v) is 5.46. The maximum atomic E-state index is 12.6. The van der Waals surface area contributed by atoms with E-state index in [1.807, 2.05) is 0 Å². The van der Waals surface area contributed by atoms with E-state index in [0.717, 1.165) is 0 Å². The van der Waals surface area contributed by atoms with E-state index >= 15 is 0 Å². The van der Waals surface area contributed by atoms with Gasteiger partial charge in [0.1, 0.15) is 0 Å². The van der Waals surface area contributed by atoms with Crippen LogP contribution in [0.25, 0.3) is 0 Å². The van der Waals surface area contributed by atoms with Crippen molar-refractivity contribution in [2.24, 2.45) is 5.92 Å². The first kappa shape index (κ1) is 20.1. The molecule has 2 atom stereocenters. The Hall–Kier alpha value is -1.18. The van der Waals surface area contributed by atoms with Gasteiger partial charge in [0.2, 0.25) is 3.79 Å². The fourth-order valence-electron chi connectivity index (χ4n) is 2.26. The molecule has 0 aliphatic carbocycles. The van der Waals surface area contributed by atoms with Crippen molar-refractivity contribution in [3.63, 3.8) is 0 Å². The number of hydrogen-bond acceptors (Lipinski definition) is 4. The molecule has 0 unspecified atom stereocenters. The molecule has 1 aromatic heterocycles. The highest BCUT2D eigenvalue weighted by molar-refractivity contribution is 7.89. The van der Waals surface area contributed by atoms with Crippen LogP contribution in [0.3, 0.4) is 0 Å². The van der Waals surface area contributed by atoms with Gasteiger partial charge < -0.3 is 0 Å². The van der Waals surface area contributed by atoms with E-state index in [2.05, 4.69) is 9.71 Å². The van der Waals surface area contributed by atoms with Crippen molar-refractivity contribution in [3.8, 4) is 0 Å². The molecular weight excluding hydrogens is 407 g/mol. The van der Waals surface area contributed by atoms with Crippen LogP contribution in [0.15, 0.2) is 59.8 Å². The highest BCUT2D eigenvalue weighted by atomic mass is 35.6. The molecule has 2 aromatic rings. The van der Waals surface area contributed by atoms with Crippen LogP contribution in [-0.2, 0) is 14.8 Å². The van der Waals surface area contributed by atoms with E-state index in [0.29, 0.717) is 5.56 Å². The second-order valence-corrected chi connectivity index (χ2v) is 9.27. The Kier molecular flexibility index (Phi) is 6.45. The van der Waals surface area contributed by atoms with Crippen molar-refractivity contribution in [2.75, 3.05) is 0 Å². The number of ketones is 1. The minimum atomic E-state index is -3.97. The third kappa shape index (κ3) is 5.15. The standard InChI is InChI=1S/C16H15Cl3N2O3S/c1-11(15(22)16(17,18)19)14(12-7-3-2-4-8-12)21-25(23,24)13-9-5-6-10-20-13/h2-11,14,21H,1H3/t11-,14-/m0/s1. The first-order valence-corrected chi connectivity index (χ1v) is 9.84. The predicted molar refractivity (Wildman–Crippen MR) is 98.2 cm³/mol. The van der Waals surface area contributed by atoms with Crippen LogP contribution >= 0.6 is 34.8 Å². The SMILES string of the molecule is C[C@H](C(=O)C(Cl)(Cl)Cl)[C@H](NS(=O)(=O)c1ccccn1)c1ccccc1. The first-order valence-electron chi connectivity index (χ1n) is 7.22. The second-order valence-electron chi connectivity index (χ2n) is 5.33. The van der Waals surface area contributed by atoms with Crippen molar-refractivity contribution in [1.29, 1.82) is 0 Å². The third-order valence-electron chi connectivity index (χ3n) is 3.55. The number of carbonyl (C=O) groups is 1. The maximum absolute atomic E-state index is 12.6. The summed E-state index contributed by atoms with van der Waals surface area (Å²) in [4.78, 5) is 16.2. The van der Waals surface area contributed by atoms with Gasteiger partial charge in [0.05, 0.1) is 6.04 Å². The summed E-state index contributed by atoms with van der Waals surface area (Å²) in [6.07, 6.45) is 1.36. The lowest BCUT2D eigenvalue weighted by atomic mass is 9.92. The van der Waals surface area contributed by atoms with Crippen molar-refractivity contribution in [2.45, 2.75) is 21.8 Å². The second kappa shape index (κ2) is 8.01. The smallest absolute Gasteiger partial charge is 0.258 e. The van der Waals surface area contributed by atoms with E-state index in [1.165, 1.54) is 19.2 Å². The number of pyridine rings is 1.